The van der Waals surface area contributed by atoms with Gasteiger partial charge in [0.1, 0.15) is 0 Å². The van der Waals surface area contributed by atoms with Crippen LogP contribution in [-0.2, 0) is 10.1 Å². The van der Waals surface area contributed by atoms with Crippen molar-refractivity contribution >= 4 is 15.8 Å². The number of hydrogen-bond donors (Lipinski definition) is 2. The first-order valence-electron chi connectivity index (χ1n) is 5.40. The lowest BCUT2D eigenvalue weighted by atomic mass is 10.2. The van der Waals surface area contributed by atoms with Crippen molar-refractivity contribution in [1.82, 2.24) is 0 Å². The molecule has 0 spiro atoms. The van der Waals surface area contributed by atoms with Crippen LogP contribution in [0.2, 0.25) is 0 Å². The Morgan fingerprint density at radius 3 is 1.89 bits per heavy atom. The number of benzene rings is 2. The predicted octanol–water partition coefficient (Wildman–Crippen LogP) is 2.69. The van der Waals surface area contributed by atoms with Gasteiger partial charge < -0.3 is 5.32 Å². The molecular formula is C13H13NO3S. The average Bonchev–Trinajstić information content (AvgIpc) is 2.37. The summed E-state index contributed by atoms with van der Waals surface area (Å²) in [6.45, 7) is 0. The third-order valence-electron chi connectivity index (χ3n) is 2.47. The summed E-state index contributed by atoms with van der Waals surface area (Å²) >= 11 is 0. The zero-order valence-electron chi connectivity index (χ0n) is 9.52. The van der Waals surface area contributed by atoms with Gasteiger partial charge >= 0.3 is 0 Å². The second-order valence-corrected chi connectivity index (χ2v) is 5.32. The molecule has 0 saturated heterocycles. The van der Waals surface area contributed by atoms with Gasteiger partial charge in [-0.2, -0.15) is 8.42 Å². The highest BCUT2D eigenvalue weighted by Crippen LogP contribution is 2.23. The molecule has 18 heavy (non-hydrogen) atoms. The Balaban J connectivity index is 2.34. The minimum atomic E-state index is -4.23. The van der Waals surface area contributed by atoms with Crippen molar-refractivity contribution < 1.29 is 13.0 Å². The largest absolute Gasteiger partial charge is 0.363 e. The maximum Gasteiger partial charge on any atom is 0.290 e. The molecular weight excluding hydrogens is 250 g/mol. The van der Waals surface area contributed by atoms with E-state index in [1.54, 1.807) is 54.6 Å². The fraction of sp³-hybridized carbons (Fsp3) is 0.0769. The molecule has 0 amide bonds. The number of hydrogen-bond acceptors (Lipinski definition) is 3. The van der Waals surface area contributed by atoms with Gasteiger partial charge in [-0.1, -0.05) is 48.5 Å². The molecule has 0 aromatic heterocycles. The Morgan fingerprint density at radius 2 is 1.39 bits per heavy atom. The maximum absolute atomic E-state index is 11.4. The summed E-state index contributed by atoms with van der Waals surface area (Å²) in [4.78, 5) is 0. The minimum absolute atomic E-state index is 0.490. The molecule has 4 nitrogen and oxygen atoms in total. The summed E-state index contributed by atoms with van der Waals surface area (Å²) in [5.74, 6) is 0. The van der Waals surface area contributed by atoms with Gasteiger partial charge in [-0.15, -0.1) is 0 Å². The Bertz CT molecular complexity index is 597. The highest BCUT2D eigenvalue weighted by Gasteiger charge is 2.24. The zero-order chi connectivity index (χ0) is 13.0. The van der Waals surface area contributed by atoms with Crippen LogP contribution in [-0.4, -0.2) is 13.0 Å². The van der Waals surface area contributed by atoms with E-state index in [0.717, 1.165) is 0 Å². The van der Waals surface area contributed by atoms with Gasteiger partial charge in [-0.25, -0.2) is 0 Å². The van der Waals surface area contributed by atoms with Crippen molar-refractivity contribution in [3.8, 4) is 0 Å². The van der Waals surface area contributed by atoms with E-state index in [4.69, 9.17) is 0 Å². The highest BCUT2D eigenvalue weighted by molar-refractivity contribution is 7.86. The molecule has 0 fully saturated rings. The van der Waals surface area contributed by atoms with Gasteiger partial charge in [-0.3, -0.25) is 4.55 Å². The SMILES string of the molecule is O=S(=O)(O)[C@H](Nc1ccccc1)c1ccccc1. The quantitative estimate of drug-likeness (QED) is 0.832. The normalized spacial score (nSPS) is 12.9. The van der Waals surface area contributed by atoms with Crippen LogP contribution in [0.1, 0.15) is 10.9 Å². The molecule has 1 atom stereocenters. The van der Waals surface area contributed by atoms with E-state index in [-0.39, 0.29) is 0 Å². The standard InChI is InChI=1S/C13H13NO3S/c15-18(16,17)13(11-7-3-1-4-8-11)14-12-9-5-2-6-10-12/h1-10,13-14H,(H,15,16,17)/t13-/m0/s1. The van der Waals surface area contributed by atoms with Gasteiger partial charge in [0.2, 0.25) is 0 Å². The third-order valence-corrected chi connectivity index (χ3v) is 3.46. The van der Waals surface area contributed by atoms with Crippen LogP contribution >= 0.6 is 0 Å². The van der Waals surface area contributed by atoms with Crippen molar-refractivity contribution in [3.63, 3.8) is 0 Å². The molecule has 0 heterocycles. The van der Waals surface area contributed by atoms with Crippen LogP contribution in [0.5, 0.6) is 0 Å². The van der Waals surface area contributed by atoms with Crippen molar-refractivity contribution in [1.29, 1.82) is 0 Å². The summed E-state index contributed by atoms with van der Waals surface area (Å²) < 4.78 is 32.2. The third kappa shape index (κ3) is 3.09. The Morgan fingerprint density at radius 1 is 0.889 bits per heavy atom. The van der Waals surface area contributed by atoms with Crippen LogP contribution in [0.15, 0.2) is 60.7 Å². The summed E-state index contributed by atoms with van der Waals surface area (Å²) in [7, 11) is -4.23. The molecule has 2 aromatic carbocycles. The molecule has 0 unspecified atom stereocenters. The number of para-hydroxylation sites is 1. The van der Waals surface area contributed by atoms with E-state index in [1.165, 1.54) is 0 Å². The first-order valence-corrected chi connectivity index (χ1v) is 6.90. The Hall–Kier alpha value is -1.85. The van der Waals surface area contributed by atoms with Gasteiger partial charge in [0.25, 0.3) is 10.1 Å². The predicted molar refractivity (Wildman–Crippen MR) is 70.8 cm³/mol. The van der Waals surface area contributed by atoms with E-state index >= 15 is 0 Å². The molecule has 0 aliphatic heterocycles. The number of nitrogens with one attached hydrogen (secondary N) is 1. The zero-order valence-corrected chi connectivity index (χ0v) is 10.3. The first kappa shape index (κ1) is 12.6. The second kappa shape index (κ2) is 5.20. The fourth-order valence-electron chi connectivity index (χ4n) is 1.64. The van der Waals surface area contributed by atoms with E-state index in [2.05, 4.69) is 5.32 Å². The van der Waals surface area contributed by atoms with E-state index in [9.17, 15) is 13.0 Å². The summed E-state index contributed by atoms with van der Waals surface area (Å²) in [5, 5.41) is 1.63. The number of anilines is 1. The molecule has 2 aromatic rings. The van der Waals surface area contributed by atoms with Gasteiger partial charge in [-0.05, 0) is 17.7 Å². The molecule has 2 N–H and O–H groups in total. The van der Waals surface area contributed by atoms with Gasteiger partial charge in [0, 0.05) is 5.69 Å². The molecule has 0 radical (unpaired) electrons. The van der Waals surface area contributed by atoms with Crippen molar-refractivity contribution in [3.05, 3.63) is 66.2 Å². The maximum atomic E-state index is 11.4. The molecule has 5 heteroatoms. The first-order chi connectivity index (χ1) is 8.57. The lowest BCUT2D eigenvalue weighted by Gasteiger charge is -2.17. The lowest BCUT2D eigenvalue weighted by Crippen LogP contribution is -2.20. The topological polar surface area (TPSA) is 66.4 Å². The molecule has 0 aliphatic rings. The summed E-state index contributed by atoms with van der Waals surface area (Å²) in [6.07, 6.45) is 0. The Labute approximate surface area is 106 Å². The van der Waals surface area contributed by atoms with Crippen molar-refractivity contribution in [2.75, 3.05) is 5.32 Å². The summed E-state index contributed by atoms with van der Waals surface area (Å²) in [6, 6.07) is 17.4. The second-order valence-electron chi connectivity index (χ2n) is 3.82. The highest BCUT2D eigenvalue weighted by atomic mass is 32.2. The number of rotatable bonds is 4. The average molecular weight is 263 g/mol. The van der Waals surface area contributed by atoms with E-state index in [1.807, 2.05) is 6.07 Å². The van der Waals surface area contributed by atoms with Gasteiger partial charge in [0.15, 0.2) is 5.37 Å². The fourth-order valence-corrected chi connectivity index (χ4v) is 2.43. The van der Waals surface area contributed by atoms with E-state index in [0.29, 0.717) is 11.3 Å². The van der Waals surface area contributed by atoms with Gasteiger partial charge in [0.05, 0.1) is 0 Å². The molecule has 94 valence electrons. The van der Waals surface area contributed by atoms with Crippen LogP contribution in [0.4, 0.5) is 5.69 Å². The Kier molecular flexibility index (Phi) is 3.64. The van der Waals surface area contributed by atoms with E-state index < -0.39 is 15.5 Å². The molecule has 0 bridgehead atoms. The monoisotopic (exact) mass is 263 g/mol. The van der Waals surface area contributed by atoms with Crippen molar-refractivity contribution in [2.45, 2.75) is 5.37 Å². The van der Waals surface area contributed by atoms with Crippen LogP contribution < -0.4 is 5.32 Å². The minimum Gasteiger partial charge on any atom is -0.363 e. The van der Waals surface area contributed by atoms with Crippen LogP contribution in [0, 0.1) is 0 Å². The summed E-state index contributed by atoms with van der Waals surface area (Å²) in [5.41, 5.74) is 1.12. The smallest absolute Gasteiger partial charge is 0.290 e. The van der Waals surface area contributed by atoms with Crippen LogP contribution in [0.25, 0.3) is 0 Å². The molecule has 0 aliphatic carbocycles. The molecule has 0 saturated carbocycles. The molecule has 2 rings (SSSR count). The van der Waals surface area contributed by atoms with Crippen LogP contribution in [0.3, 0.4) is 0 Å². The lowest BCUT2D eigenvalue weighted by molar-refractivity contribution is 0.473. The van der Waals surface area contributed by atoms with Crippen molar-refractivity contribution in [2.24, 2.45) is 0 Å².